The van der Waals surface area contributed by atoms with Gasteiger partial charge in [-0.15, -0.1) is 12.4 Å². The summed E-state index contributed by atoms with van der Waals surface area (Å²) in [5.41, 5.74) is 14.4. The number of nitrogens with zero attached hydrogens (tertiary/aromatic N) is 1. The number of carbonyl (C=O) groups is 6. The van der Waals surface area contributed by atoms with Crippen molar-refractivity contribution in [3.8, 4) is 5.75 Å². The molecule has 0 heterocycles. The van der Waals surface area contributed by atoms with Crippen molar-refractivity contribution in [2.24, 2.45) is 17.4 Å². The van der Waals surface area contributed by atoms with Gasteiger partial charge in [0, 0.05) is 25.8 Å². The number of methoxy groups -OCH3 is 1. The lowest BCUT2D eigenvalue weighted by molar-refractivity contribution is -0.143. The third-order valence-corrected chi connectivity index (χ3v) is 9.13. The third kappa shape index (κ3) is 18.8. The van der Waals surface area contributed by atoms with Crippen LogP contribution in [0.3, 0.4) is 0 Å². The van der Waals surface area contributed by atoms with E-state index < -0.39 is 65.6 Å². The van der Waals surface area contributed by atoms with Crippen LogP contribution < -0.4 is 26.8 Å². The summed E-state index contributed by atoms with van der Waals surface area (Å²) in [6.45, 7) is 5.38. The molecule has 0 aliphatic heterocycles. The van der Waals surface area contributed by atoms with Gasteiger partial charge in [-0.3, -0.25) is 29.3 Å². The molecule has 2 aromatic carbocycles. The van der Waals surface area contributed by atoms with E-state index in [4.69, 9.17) is 25.7 Å². The Balaban J connectivity index is 0.0000151. The van der Waals surface area contributed by atoms with Gasteiger partial charge in [0.25, 0.3) is 0 Å². The molecule has 306 valence electrons. The second-order valence-corrected chi connectivity index (χ2v) is 14.9. The number of unbranched alkanes of at least 4 members (excludes halogenated alkanes) is 2. The highest BCUT2D eigenvalue weighted by Gasteiger charge is 2.32. The van der Waals surface area contributed by atoms with Gasteiger partial charge in [-0.2, -0.15) is 0 Å². The highest BCUT2D eigenvalue weighted by molar-refractivity contribution is 7.90. The van der Waals surface area contributed by atoms with Crippen molar-refractivity contribution >= 4 is 59.3 Å². The maximum absolute atomic E-state index is 13.9. The van der Waals surface area contributed by atoms with Crippen molar-refractivity contribution in [3.05, 3.63) is 65.2 Å². The molecule has 0 radical (unpaired) electrons. The number of imide groups is 1. The number of esters is 1. The van der Waals surface area contributed by atoms with Gasteiger partial charge in [0.1, 0.15) is 17.5 Å². The maximum atomic E-state index is 13.9. The van der Waals surface area contributed by atoms with Crippen LogP contribution in [0, 0.1) is 12.8 Å². The molecule has 0 aromatic heterocycles. The second-order valence-electron chi connectivity index (χ2n) is 13.4. The minimum atomic E-state index is -1.19. The van der Waals surface area contributed by atoms with Crippen molar-refractivity contribution in [2.75, 3.05) is 38.8 Å². The largest absolute Gasteiger partial charge is 0.617 e. The number of hydrogen-bond acceptors (Lipinski definition) is 12. The Hall–Kier alpha value is -4.22. The first-order valence-corrected chi connectivity index (χ1v) is 19.6. The predicted molar refractivity (Wildman–Crippen MR) is 211 cm³/mol. The number of hydrogen-bond donors (Lipinski definition) is 4. The second kappa shape index (κ2) is 25.8. The molecule has 0 fully saturated rings. The number of nitrogens with two attached hydrogens (primary N) is 2. The zero-order valence-corrected chi connectivity index (χ0v) is 33.8. The Kier molecular flexibility index (Phi) is 22.9. The average molecular weight is 810 g/mol. The summed E-state index contributed by atoms with van der Waals surface area (Å²) in [5, 5.41) is 4.91. The molecule has 55 heavy (non-hydrogen) atoms. The minimum Gasteiger partial charge on any atom is -0.617 e. The monoisotopic (exact) mass is 809 g/mol. The van der Waals surface area contributed by atoms with Crippen molar-refractivity contribution in [1.29, 1.82) is 0 Å². The van der Waals surface area contributed by atoms with Crippen LogP contribution in [-0.2, 0) is 57.5 Å². The number of aryl methyl sites for hydroxylation is 1. The van der Waals surface area contributed by atoms with Crippen LogP contribution in [0.1, 0.15) is 62.6 Å². The zero-order chi connectivity index (χ0) is 40.2. The number of carbonyl (C=O) groups excluding carboxylic acids is 6. The van der Waals surface area contributed by atoms with E-state index in [9.17, 15) is 33.3 Å². The average Bonchev–Trinajstić information content (AvgIpc) is 3.13. The highest BCUT2D eigenvalue weighted by Crippen LogP contribution is 2.19. The van der Waals surface area contributed by atoms with Crippen LogP contribution in [0.2, 0.25) is 0 Å². The van der Waals surface area contributed by atoms with E-state index in [0.29, 0.717) is 36.0 Å². The molecule has 2 unspecified atom stereocenters. The predicted octanol–water partition coefficient (Wildman–Crippen LogP) is 2.49. The van der Waals surface area contributed by atoms with Gasteiger partial charge in [-0.05, 0) is 60.9 Å². The molecule has 6 N–H and O–H groups in total. The number of benzene rings is 2. The number of amides is 4. The fourth-order valence-electron chi connectivity index (χ4n) is 5.23. The van der Waals surface area contributed by atoms with Crippen LogP contribution in [0.4, 0.5) is 4.79 Å². The van der Waals surface area contributed by atoms with Crippen LogP contribution in [-0.4, -0.2) is 102 Å². The van der Waals surface area contributed by atoms with Gasteiger partial charge in [-0.25, -0.2) is 4.79 Å². The molecule has 17 heteroatoms. The first kappa shape index (κ1) is 48.8. The number of halogens is 1. The van der Waals surface area contributed by atoms with E-state index in [2.05, 4.69) is 10.6 Å². The molecule has 4 atom stereocenters. The van der Waals surface area contributed by atoms with E-state index in [1.807, 2.05) is 13.8 Å². The van der Waals surface area contributed by atoms with Crippen molar-refractivity contribution in [2.45, 2.75) is 83.8 Å². The molecule has 0 bridgehead atoms. The molecule has 15 nitrogen and oxygen atoms in total. The fraction of sp³-hybridized carbons (Fsp3) is 0.526. The van der Waals surface area contributed by atoms with E-state index in [1.165, 1.54) is 18.3 Å². The van der Waals surface area contributed by atoms with Gasteiger partial charge >= 0.3 is 12.1 Å². The summed E-state index contributed by atoms with van der Waals surface area (Å²) >= 11 is -1.19. The molecule has 4 amide bonds. The van der Waals surface area contributed by atoms with E-state index in [-0.39, 0.29) is 74.6 Å². The lowest BCUT2D eigenvalue weighted by atomic mass is 10.0. The van der Waals surface area contributed by atoms with Gasteiger partial charge in [0.2, 0.25) is 23.6 Å². The molecule has 2 rings (SSSR count). The molecular weight excluding hydrogens is 754 g/mol. The fourth-order valence-corrected chi connectivity index (χ4v) is 5.82. The van der Waals surface area contributed by atoms with Gasteiger partial charge in [0.15, 0.2) is 0 Å². The Morgan fingerprint density at radius 3 is 2.22 bits per heavy atom. The van der Waals surface area contributed by atoms with Crippen molar-refractivity contribution in [3.63, 3.8) is 0 Å². The summed E-state index contributed by atoms with van der Waals surface area (Å²) in [4.78, 5) is 78.5. The van der Waals surface area contributed by atoms with E-state index in [0.717, 1.165) is 0 Å². The third-order valence-electron chi connectivity index (χ3n) is 8.32. The summed E-state index contributed by atoms with van der Waals surface area (Å²) in [5.74, 6) is -2.52. The lowest BCUT2D eigenvalue weighted by Crippen LogP contribution is -2.56. The Morgan fingerprint density at radius 2 is 1.60 bits per heavy atom. The molecule has 0 saturated heterocycles. The quantitative estimate of drug-likeness (QED) is 0.0582. The standard InChI is InChI=1S/C38H55N5O10S.ClH/c1-25(2)24-52-38(49)53-29-16-15-28(26(3)20-29)22-31(40)35(46)41-23-33(44)43(18-11-7-10-14-34(45)51-4)32(21-27-12-8-6-9-13-27)37(48)42-36(47)30(39)17-19-54(5)50;/h6,8-9,12-13,15-16,20,25,30-32H,7,10-11,14,17-19,21-24,39-40H2,1-5H3,(H,41,46)(H,42,47,48);1H/t30?,31-,32-,54?;/m0./s1. The highest BCUT2D eigenvalue weighted by atomic mass is 35.5. The molecule has 0 aliphatic carbocycles. The van der Waals surface area contributed by atoms with Gasteiger partial charge in [0.05, 0.1) is 38.6 Å². The van der Waals surface area contributed by atoms with Crippen LogP contribution in [0.25, 0.3) is 0 Å². The summed E-state index contributed by atoms with van der Waals surface area (Å²) < 4.78 is 26.5. The summed E-state index contributed by atoms with van der Waals surface area (Å²) in [6.07, 6.45) is 2.50. The molecule has 0 saturated carbocycles. The molecule has 0 aliphatic rings. The van der Waals surface area contributed by atoms with E-state index in [1.54, 1.807) is 55.5 Å². The maximum Gasteiger partial charge on any atom is 0.513 e. The Morgan fingerprint density at radius 1 is 0.909 bits per heavy atom. The van der Waals surface area contributed by atoms with Crippen LogP contribution in [0.5, 0.6) is 5.75 Å². The smallest absolute Gasteiger partial charge is 0.513 e. The van der Waals surface area contributed by atoms with E-state index >= 15 is 0 Å². The molecule has 2 aromatic rings. The number of rotatable bonds is 22. The first-order valence-electron chi connectivity index (χ1n) is 17.9. The lowest BCUT2D eigenvalue weighted by Gasteiger charge is -2.31. The molecule has 0 spiro atoms. The first-order chi connectivity index (χ1) is 25.6. The van der Waals surface area contributed by atoms with Crippen molar-refractivity contribution in [1.82, 2.24) is 15.5 Å². The normalized spacial score (nSPS) is 13.0. The Labute approximate surface area is 332 Å². The Bertz CT molecular complexity index is 1550. The zero-order valence-electron chi connectivity index (χ0n) is 32.2. The number of ether oxygens (including phenoxy) is 3. The van der Waals surface area contributed by atoms with Crippen molar-refractivity contribution < 1.29 is 47.5 Å². The minimum absolute atomic E-state index is 0. The number of nitrogens with one attached hydrogen (secondary N) is 2. The van der Waals surface area contributed by atoms with Gasteiger partial charge < -0.3 is 40.4 Å². The SMILES string of the molecule is COC(=O)CCCCCN(C(=O)CNC(=O)[C@@H](N)Cc1ccc(OC(=O)OCC(C)C)cc1C)[C@@H](Cc1ccccc1)C(=O)NC(=O)C(N)CC[S+](C)[O-].Cl. The topological polar surface area (TPSA) is 233 Å². The summed E-state index contributed by atoms with van der Waals surface area (Å²) in [7, 11) is 1.30. The molecular formula is C38H56ClN5O10S. The van der Waals surface area contributed by atoms with Crippen LogP contribution >= 0.6 is 12.4 Å². The van der Waals surface area contributed by atoms with Crippen LogP contribution in [0.15, 0.2) is 48.5 Å². The summed E-state index contributed by atoms with van der Waals surface area (Å²) in [6, 6.07) is 10.5. The van der Waals surface area contributed by atoms with Gasteiger partial charge in [-0.1, -0.05) is 67.8 Å².